The lowest BCUT2D eigenvalue weighted by atomic mass is 10.2. The van der Waals surface area contributed by atoms with Crippen LogP contribution in [0, 0.1) is 0 Å². The second-order valence-electron chi connectivity index (χ2n) is 5.82. The first kappa shape index (κ1) is 18.1. The Balaban J connectivity index is 1.49. The van der Waals surface area contributed by atoms with E-state index in [1.54, 1.807) is 18.3 Å². The highest BCUT2D eigenvalue weighted by atomic mass is 79.9. The highest BCUT2D eigenvalue weighted by Crippen LogP contribution is 2.34. The maximum absolute atomic E-state index is 11.9. The molecule has 1 amide bonds. The minimum Gasteiger partial charge on any atom is -0.454 e. The van der Waals surface area contributed by atoms with Gasteiger partial charge in [-0.15, -0.1) is 0 Å². The molecule has 2 aromatic carbocycles. The van der Waals surface area contributed by atoms with E-state index in [2.05, 4.69) is 31.8 Å². The molecule has 0 aromatic heterocycles. The SMILES string of the molecule is CN(C)c1ccc(C=NNC(=O)CNc2ccc3c(c2)OCO3)cc1Br. The van der Waals surface area contributed by atoms with Gasteiger partial charge in [0, 0.05) is 30.3 Å². The predicted octanol–water partition coefficient (Wildman–Crippen LogP) is 2.81. The van der Waals surface area contributed by atoms with Gasteiger partial charge in [-0.05, 0) is 45.8 Å². The zero-order valence-corrected chi connectivity index (χ0v) is 16.0. The predicted molar refractivity (Wildman–Crippen MR) is 105 cm³/mol. The number of carbonyl (C=O) groups excluding carboxylic acids is 1. The molecule has 0 unspecified atom stereocenters. The summed E-state index contributed by atoms with van der Waals surface area (Å²) in [6, 6.07) is 11.3. The number of ether oxygens (including phenoxy) is 2. The van der Waals surface area contributed by atoms with E-state index in [9.17, 15) is 4.79 Å². The van der Waals surface area contributed by atoms with E-state index >= 15 is 0 Å². The van der Waals surface area contributed by atoms with Crippen molar-refractivity contribution in [1.82, 2.24) is 5.43 Å². The van der Waals surface area contributed by atoms with Crippen molar-refractivity contribution in [3.05, 3.63) is 46.4 Å². The van der Waals surface area contributed by atoms with E-state index in [0.29, 0.717) is 11.5 Å². The summed E-state index contributed by atoms with van der Waals surface area (Å²) in [7, 11) is 3.95. The molecule has 136 valence electrons. The molecule has 0 saturated heterocycles. The Bertz CT molecular complexity index is 839. The fraction of sp³-hybridized carbons (Fsp3) is 0.222. The molecule has 2 aromatic rings. The average molecular weight is 419 g/mol. The van der Waals surface area contributed by atoms with Crippen LogP contribution < -0.4 is 25.1 Å². The fourth-order valence-electron chi connectivity index (χ4n) is 2.37. The maximum Gasteiger partial charge on any atom is 0.259 e. The van der Waals surface area contributed by atoms with Crippen molar-refractivity contribution in [2.75, 3.05) is 37.6 Å². The average Bonchev–Trinajstić information content (AvgIpc) is 3.07. The van der Waals surface area contributed by atoms with Gasteiger partial charge in [0.25, 0.3) is 5.91 Å². The summed E-state index contributed by atoms with van der Waals surface area (Å²) < 4.78 is 11.5. The van der Waals surface area contributed by atoms with Crippen LogP contribution in [0.15, 0.2) is 46.0 Å². The van der Waals surface area contributed by atoms with E-state index in [4.69, 9.17) is 9.47 Å². The number of rotatable bonds is 6. The normalized spacial score (nSPS) is 12.3. The Morgan fingerprint density at radius 3 is 2.81 bits per heavy atom. The molecule has 7 nitrogen and oxygen atoms in total. The fourth-order valence-corrected chi connectivity index (χ4v) is 3.12. The Morgan fingerprint density at radius 2 is 2.04 bits per heavy atom. The van der Waals surface area contributed by atoms with Gasteiger partial charge in [-0.1, -0.05) is 6.07 Å². The highest BCUT2D eigenvalue weighted by molar-refractivity contribution is 9.10. The Labute approximate surface area is 160 Å². The second-order valence-corrected chi connectivity index (χ2v) is 6.67. The minimum absolute atomic E-state index is 0.0975. The molecule has 0 spiro atoms. The van der Waals surface area contributed by atoms with E-state index < -0.39 is 0 Å². The van der Waals surface area contributed by atoms with Crippen LogP contribution in [-0.4, -0.2) is 39.6 Å². The van der Waals surface area contributed by atoms with E-state index in [1.165, 1.54) is 0 Å². The van der Waals surface area contributed by atoms with Gasteiger partial charge >= 0.3 is 0 Å². The van der Waals surface area contributed by atoms with Gasteiger partial charge in [0.2, 0.25) is 6.79 Å². The second kappa shape index (κ2) is 8.09. The Kier molecular flexibility index (Phi) is 5.62. The number of carbonyl (C=O) groups is 1. The van der Waals surface area contributed by atoms with Gasteiger partial charge in [-0.2, -0.15) is 5.10 Å². The van der Waals surface area contributed by atoms with Crippen LogP contribution in [0.5, 0.6) is 11.5 Å². The van der Waals surface area contributed by atoms with Crippen LogP contribution in [0.2, 0.25) is 0 Å². The number of anilines is 2. The number of hydrazone groups is 1. The standard InChI is InChI=1S/C18H19BrN4O3/c1-23(2)15-5-3-12(7-14(15)19)9-21-22-18(24)10-20-13-4-6-16-17(8-13)26-11-25-16/h3-9,20H,10-11H2,1-2H3,(H,22,24). The summed E-state index contributed by atoms with van der Waals surface area (Å²) in [4.78, 5) is 13.9. The summed E-state index contributed by atoms with van der Waals surface area (Å²) >= 11 is 3.52. The summed E-state index contributed by atoms with van der Waals surface area (Å²) in [6.07, 6.45) is 1.60. The third-order valence-electron chi connectivity index (χ3n) is 3.68. The molecule has 2 N–H and O–H groups in total. The molecule has 0 radical (unpaired) electrons. The molecule has 0 fully saturated rings. The van der Waals surface area contributed by atoms with Crippen molar-refractivity contribution in [3.63, 3.8) is 0 Å². The van der Waals surface area contributed by atoms with Crippen LogP contribution in [-0.2, 0) is 4.79 Å². The van der Waals surface area contributed by atoms with Crippen molar-refractivity contribution in [3.8, 4) is 11.5 Å². The largest absolute Gasteiger partial charge is 0.454 e. The molecule has 1 aliphatic rings. The molecular weight excluding hydrogens is 400 g/mol. The lowest BCUT2D eigenvalue weighted by Gasteiger charge is -2.14. The van der Waals surface area contributed by atoms with Crippen molar-refractivity contribution in [2.24, 2.45) is 5.10 Å². The lowest BCUT2D eigenvalue weighted by Crippen LogP contribution is -2.25. The highest BCUT2D eigenvalue weighted by Gasteiger charge is 2.13. The molecule has 1 heterocycles. The molecule has 0 aliphatic carbocycles. The molecule has 0 saturated carbocycles. The van der Waals surface area contributed by atoms with Crippen LogP contribution in [0.3, 0.4) is 0 Å². The zero-order chi connectivity index (χ0) is 18.5. The summed E-state index contributed by atoms with van der Waals surface area (Å²) in [5, 5.41) is 7.00. The van der Waals surface area contributed by atoms with Crippen molar-refractivity contribution in [1.29, 1.82) is 0 Å². The third kappa shape index (κ3) is 4.45. The number of benzene rings is 2. The molecule has 0 atom stereocenters. The van der Waals surface area contributed by atoms with Gasteiger partial charge in [-0.3, -0.25) is 4.79 Å². The summed E-state index contributed by atoms with van der Waals surface area (Å²) in [5.41, 5.74) is 5.22. The Morgan fingerprint density at radius 1 is 1.23 bits per heavy atom. The van der Waals surface area contributed by atoms with Crippen LogP contribution >= 0.6 is 15.9 Å². The van der Waals surface area contributed by atoms with Crippen LogP contribution in [0.4, 0.5) is 11.4 Å². The number of nitrogens with one attached hydrogen (secondary N) is 2. The molecule has 8 heteroatoms. The topological polar surface area (TPSA) is 75.2 Å². The van der Waals surface area contributed by atoms with Gasteiger partial charge in [0.1, 0.15) is 0 Å². The van der Waals surface area contributed by atoms with Crippen LogP contribution in [0.1, 0.15) is 5.56 Å². The smallest absolute Gasteiger partial charge is 0.259 e. The van der Waals surface area contributed by atoms with Gasteiger partial charge in [0.15, 0.2) is 11.5 Å². The molecule has 0 bridgehead atoms. The zero-order valence-electron chi connectivity index (χ0n) is 14.5. The number of hydrogen-bond donors (Lipinski definition) is 2. The minimum atomic E-state index is -0.247. The molecule has 1 aliphatic heterocycles. The van der Waals surface area contributed by atoms with Crippen molar-refractivity contribution in [2.45, 2.75) is 0 Å². The van der Waals surface area contributed by atoms with Gasteiger partial charge < -0.3 is 19.7 Å². The van der Waals surface area contributed by atoms with E-state index in [-0.39, 0.29) is 19.2 Å². The first-order valence-electron chi connectivity index (χ1n) is 7.95. The van der Waals surface area contributed by atoms with Gasteiger partial charge in [-0.25, -0.2) is 5.43 Å². The quantitative estimate of drug-likeness (QED) is 0.557. The maximum atomic E-state index is 11.9. The number of amides is 1. The first-order valence-corrected chi connectivity index (χ1v) is 8.74. The summed E-state index contributed by atoms with van der Waals surface area (Å²) in [6.45, 7) is 0.319. The molecule has 3 rings (SSSR count). The number of fused-ring (bicyclic) bond motifs is 1. The van der Waals surface area contributed by atoms with Crippen molar-refractivity contribution >= 4 is 39.4 Å². The van der Waals surface area contributed by atoms with E-state index in [1.807, 2.05) is 43.3 Å². The van der Waals surface area contributed by atoms with Crippen molar-refractivity contribution < 1.29 is 14.3 Å². The molecule has 26 heavy (non-hydrogen) atoms. The Hall–Kier alpha value is -2.74. The van der Waals surface area contributed by atoms with Crippen LogP contribution in [0.25, 0.3) is 0 Å². The summed E-state index contributed by atoms with van der Waals surface area (Å²) in [5.74, 6) is 1.12. The number of hydrogen-bond acceptors (Lipinski definition) is 6. The molecular formula is C18H19BrN4O3. The monoisotopic (exact) mass is 418 g/mol. The lowest BCUT2D eigenvalue weighted by molar-refractivity contribution is -0.119. The third-order valence-corrected chi connectivity index (χ3v) is 4.32. The van der Waals surface area contributed by atoms with E-state index in [0.717, 1.165) is 21.4 Å². The first-order chi connectivity index (χ1) is 12.5. The number of halogens is 1. The number of nitrogens with zero attached hydrogens (tertiary/aromatic N) is 2. The van der Waals surface area contributed by atoms with Gasteiger partial charge in [0.05, 0.1) is 18.4 Å².